The van der Waals surface area contributed by atoms with Crippen molar-refractivity contribution in [1.82, 2.24) is 10.2 Å². The van der Waals surface area contributed by atoms with Gasteiger partial charge in [0, 0.05) is 12.1 Å². The number of carboxylic acids is 1. The molecule has 0 fully saturated rings. The molecule has 2 unspecified atom stereocenters. The van der Waals surface area contributed by atoms with E-state index in [0.29, 0.717) is 31.4 Å². The number of fused-ring (bicyclic) bond motifs is 1. The van der Waals surface area contributed by atoms with Crippen molar-refractivity contribution in [2.24, 2.45) is 5.92 Å². The molecule has 2 N–H and O–H groups in total. The van der Waals surface area contributed by atoms with Crippen LogP contribution in [0.5, 0.6) is 0 Å². The monoisotopic (exact) mass is 570 g/mol. The number of nitrogens with zero attached hydrogens (tertiary/aromatic N) is 1. The van der Waals surface area contributed by atoms with Gasteiger partial charge in [0.25, 0.3) is 5.91 Å². The molecule has 0 spiro atoms. The number of hydrogen-bond donors (Lipinski definition) is 2. The van der Waals surface area contributed by atoms with E-state index in [-0.39, 0.29) is 5.91 Å². The number of hydrogen-bond acceptors (Lipinski definition) is 6. The van der Waals surface area contributed by atoms with Crippen LogP contribution in [0.3, 0.4) is 0 Å². The Morgan fingerprint density at radius 3 is 2.05 bits per heavy atom. The fourth-order valence-electron chi connectivity index (χ4n) is 5.06. The number of esters is 1. The molecule has 3 aromatic rings. The van der Waals surface area contributed by atoms with Gasteiger partial charge in [0.1, 0.15) is 12.1 Å². The molecule has 1 heterocycles. The minimum atomic E-state index is -1.43. The first-order valence-electron chi connectivity index (χ1n) is 13.9. The van der Waals surface area contributed by atoms with Crippen molar-refractivity contribution in [3.63, 3.8) is 0 Å². The van der Waals surface area contributed by atoms with Gasteiger partial charge in [-0.1, -0.05) is 78.9 Å². The van der Waals surface area contributed by atoms with Crippen LogP contribution in [0.1, 0.15) is 40.4 Å². The number of rotatable bonds is 13. The third-order valence-corrected chi connectivity index (χ3v) is 7.40. The zero-order valence-corrected chi connectivity index (χ0v) is 23.4. The number of ether oxygens (including phenoxy) is 1. The number of Topliss-reactive ketones (excluding diaryl/α,β-unsaturated/α-hetero) is 1. The second-order valence-electron chi connectivity index (χ2n) is 10.4. The summed E-state index contributed by atoms with van der Waals surface area (Å²) in [4.78, 5) is 65.2. The highest BCUT2D eigenvalue weighted by Gasteiger charge is 2.34. The number of benzene rings is 3. The molecular formula is C33H34N2O7. The maximum atomic E-state index is 13.2. The molecule has 1 aliphatic heterocycles. The molecule has 0 saturated carbocycles. The van der Waals surface area contributed by atoms with E-state index in [1.807, 2.05) is 72.8 Å². The molecule has 0 radical (unpaired) electrons. The Morgan fingerprint density at radius 1 is 0.881 bits per heavy atom. The van der Waals surface area contributed by atoms with Gasteiger partial charge in [-0.2, -0.15) is 0 Å². The van der Waals surface area contributed by atoms with Gasteiger partial charge in [-0.05, 0) is 48.9 Å². The normalized spacial score (nSPS) is 14.0. The Bertz CT molecular complexity index is 1380. The standard InChI is InChI=1S/C33H34N2O7/c1-22(35-17-16-25-14-8-9-15-27(25)32(35)40)31(39)34-28(20-30(37)38)29(36)21-42-33(41)26(18-23-10-4-2-5-11-23)19-24-12-6-3-7-13-24/h2-15,22,26,28H,16-21H2,1H3,(H,34,39)(H,37,38). The SMILES string of the molecule is CC(C(=O)NC(CC(=O)O)C(=O)COC(=O)C(Cc1ccccc1)Cc1ccccc1)N1CCc2ccccc2C1=O. The molecule has 0 aromatic heterocycles. The van der Waals surface area contributed by atoms with Gasteiger partial charge < -0.3 is 20.1 Å². The van der Waals surface area contributed by atoms with Gasteiger partial charge >= 0.3 is 11.9 Å². The number of nitrogens with one attached hydrogen (secondary N) is 1. The topological polar surface area (TPSA) is 130 Å². The Kier molecular flexibility index (Phi) is 10.2. The third-order valence-electron chi connectivity index (χ3n) is 7.40. The number of ketones is 1. The number of carbonyl (C=O) groups is 5. The van der Waals surface area contributed by atoms with Crippen molar-refractivity contribution in [2.75, 3.05) is 13.2 Å². The maximum absolute atomic E-state index is 13.2. The molecule has 218 valence electrons. The van der Waals surface area contributed by atoms with Crippen LogP contribution >= 0.6 is 0 Å². The first-order chi connectivity index (χ1) is 20.2. The zero-order valence-electron chi connectivity index (χ0n) is 23.4. The van der Waals surface area contributed by atoms with E-state index in [4.69, 9.17) is 4.74 Å². The third kappa shape index (κ3) is 7.90. The van der Waals surface area contributed by atoms with Crippen LogP contribution in [0, 0.1) is 5.92 Å². The van der Waals surface area contributed by atoms with Crippen molar-refractivity contribution in [2.45, 2.75) is 44.7 Å². The van der Waals surface area contributed by atoms with Crippen molar-refractivity contribution in [3.05, 3.63) is 107 Å². The van der Waals surface area contributed by atoms with E-state index in [1.165, 1.54) is 11.8 Å². The summed E-state index contributed by atoms with van der Waals surface area (Å²) in [7, 11) is 0. The van der Waals surface area contributed by atoms with Gasteiger partial charge in [0.05, 0.1) is 12.3 Å². The fourth-order valence-corrected chi connectivity index (χ4v) is 5.06. The Morgan fingerprint density at radius 2 is 1.45 bits per heavy atom. The van der Waals surface area contributed by atoms with Crippen LogP contribution in [0.25, 0.3) is 0 Å². The minimum Gasteiger partial charge on any atom is -0.481 e. The summed E-state index contributed by atoms with van der Waals surface area (Å²) in [5, 5.41) is 11.9. The van der Waals surface area contributed by atoms with E-state index < -0.39 is 54.7 Å². The van der Waals surface area contributed by atoms with Crippen LogP contribution in [0.2, 0.25) is 0 Å². The van der Waals surface area contributed by atoms with E-state index in [9.17, 15) is 29.1 Å². The predicted molar refractivity (Wildman–Crippen MR) is 155 cm³/mol. The molecule has 4 rings (SSSR count). The maximum Gasteiger partial charge on any atom is 0.310 e. The summed E-state index contributed by atoms with van der Waals surface area (Å²) in [6.45, 7) is 1.15. The Balaban J connectivity index is 1.40. The van der Waals surface area contributed by atoms with Crippen LogP contribution in [-0.2, 0) is 43.2 Å². The van der Waals surface area contributed by atoms with Gasteiger partial charge in [-0.25, -0.2) is 0 Å². The summed E-state index contributed by atoms with van der Waals surface area (Å²) in [5.74, 6) is -4.20. The van der Waals surface area contributed by atoms with Gasteiger partial charge in [-0.15, -0.1) is 0 Å². The van der Waals surface area contributed by atoms with E-state index >= 15 is 0 Å². The molecule has 1 aliphatic rings. The first kappa shape index (κ1) is 30.2. The second kappa shape index (κ2) is 14.2. The minimum absolute atomic E-state index is 0.308. The lowest BCUT2D eigenvalue weighted by molar-refractivity contribution is -0.153. The molecule has 2 amide bonds. The lowest BCUT2D eigenvalue weighted by Crippen LogP contribution is -2.54. The highest BCUT2D eigenvalue weighted by atomic mass is 16.5. The van der Waals surface area contributed by atoms with Crippen LogP contribution in [0.15, 0.2) is 84.9 Å². The number of aliphatic carboxylic acids is 1. The first-order valence-corrected chi connectivity index (χ1v) is 13.9. The Hall–Kier alpha value is -4.79. The number of carboxylic acid groups (broad SMARTS) is 1. The van der Waals surface area contributed by atoms with Crippen LogP contribution < -0.4 is 5.32 Å². The molecule has 42 heavy (non-hydrogen) atoms. The van der Waals surface area contributed by atoms with Crippen LogP contribution in [-0.4, -0.2) is 64.8 Å². The van der Waals surface area contributed by atoms with Crippen LogP contribution in [0.4, 0.5) is 0 Å². The molecule has 0 aliphatic carbocycles. The molecule has 0 bridgehead atoms. The summed E-state index contributed by atoms with van der Waals surface area (Å²) < 4.78 is 5.39. The predicted octanol–water partition coefficient (Wildman–Crippen LogP) is 3.25. The van der Waals surface area contributed by atoms with Gasteiger partial charge in [-0.3, -0.25) is 24.0 Å². The van der Waals surface area contributed by atoms with Crippen molar-refractivity contribution in [3.8, 4) is 0 Å². The zero-order chi connectivity index (χ0) is 30.1. The van der Waals surface area contributed by atoms with Crippen molar-refractivity contribution in [1.29, 1.82) is 0 Å². The summed E-state index contributed by atoms with van der Waals surface area (Å²) in [5.41, 5.74) is 3.27. The molecular weight excluding hydrogens is 536 g/mol. The molecule has 3 aromatic carbocycles. The largest absolute Gasteiger partial charge is 0.481 e. The fraction of sp³-hybridized carbons (Fsp3) is 0.303. The number of carbonyl (C=O) groups excluding carboxylic acids is 4. The molecule has 9 heteroatoms. The molecule has 9 nitrogen and oxygen atoms in total. The van der Waals surface area contributed by atoms with Gasteiger partial charge in [0.2, 0.25) is 5.91 Å². The summed E-state index contributed by atoms with van der Waals surface area (Å²) >= 11 is 0. The highest BCUT2D eigenvalue weighted by Crippen LogP contribution is 2.21. The van der Waals surface area contributed by atoms with E-state index in [1.54, 1.807) is 12.1 Å². The number of amides is 2. The Labute approximate surface area is 244 Å². The summed E-state index contributed by atoms with van der Waals surface area (Å²) in [6, 6.07) is 23.7. The summed E-state index contributed by atoms with van der Waals surface area (Å²) in [6.07, 6.45) is 0.661. The average molecular weight is 571 g/mol. The second-order valence-corrected chi connectivity index (χ2v) is 10.4. The van der Waals surface area contributed by atoms with E-state index in [0.717, 1.165) is 16.7 Å². The van der Waals surface area contributed by atoms with Crippen molar-refractivity contribution < 1.29 is 33.8 Å². The highest BCUT2D eigenvalue weighted by molar-refractivity contribution is 6.00. The molecule has 2 atom stereocenters. The van der Waals surface area contributed by atoms with Gasteiger partial charge in [0.15, 0.2) is 12.4 Å². The average Bonchev–Trinajstić information content (AvgIpc) is 3.00. The quantitative estimate of drug-likeness (QED) is 0.302. The molecule has 0 saturated heterocycles. The lowest BCUT2D eigenvalue weighted by atomic mass is 9.92. The smallest absolute Gasteiger partial charge is 0.310 e. The van der Waals surface area contributed by atoms with E-state index in [2.05, 4.69) is 5.32 Å². The lowest BCUT2D eigenvalue weighted by Gasteiger charge is -2.33. The van der Waals surface area contributed by atoms with Crippen molar-refractivity contribution >= 4 is 29.5 Å².